The standard InChI is InChI=1S/C23H21ClN2O6S/c24-15-4-7-17(8-5-15)33(31,32)26-16-6-9-18-19(12-16)20(27)11-14(22(18)29)2-1-13-3-10-21(28)25-23(13)30/h4-9,12-14,26H,1-3,10-11H2,(H,25,28,30). The van der Waals surface area contributed by atoms with Crippen LogP contribution in [0, 0.1) is 11.8 Å². The zero-order chi connectivity index (χ0) is 23.8. The highest BCUT2D eigenvalue weighted by molar-refractivity contribution is 7.92. The van der Waals surface area contributed by atoms with E-state index in [1.807, 2.05) is 0 Å². The number of imide groups is 1. The SMILES string of the molecule is O=C1CCC(CCC2CC(=O)c3cc(NS(=O)(=O)c4ccc(Cl)cc4)ccc3C2=O)C(=O)N1. The van der Waals surface area contributed by atoms with Gasteiger partial charge in [0.05, 0.1) is 4.90 Å². The molecule has 0 radical (unpaired) electrons. The Bertz CT molecular complexity index is 1260. The molecule has 10 heteroatoms. The van der Waals surface area contributed by atoms with Crippen molar-refractivity contribution >= 4 is 50.7 Å². The van der Waals surface area contributed by atoms with Gasteiger partial charge in [-0.05, 0) is 61.7 Å². The van der Waals surface area contributed by atoms with Crippen LogP contribution in [0.1, 0.15) is 52.8 Å². The molecule has 2 aliphatic rings. The monoisotopic (exact) mass is 488 g/mol. The number of carbonyl (C=O) groups is 4. The van der Waals surface area contributed by atoms with Crippen molar-refractivity contribution in [2.45, 2.75) is 37.0 Å². The van der Waals surface area contributed by atoms with Crippen LogP contribution < -0.4 is 10.0 Å². The van der Waals surface area contributed by atoms with Gasteiger partial charge >= 0.3 is 0 Å². The van der Waals surface area contributed by atoms with E-state index in [0.717, 1.165) is 0 Å². The Balaban J connectivity index is 1.47. The molecule has 172 valence electrons. The van der Waals surface area contributed by atoms with E-state index in [4.69, 9.17) is 11.6 Å². The molecule has 2 amide bonds. The number of hydrogen-bond acceptors (Lipinski definition) is 6. The lowest BCUT2D eigenvalue weighted by Gasteiger charge is -2.26. The van der Waals surface area contributed by atoms with Crippen LogP contribution in [-0.2, 0) is 19.6 Å². The van der Waals surface area contributed by atoms with Crippen LogP contribution in [0.4, 0.5) is 5.69 Å². The lowest BCUT2D eigenvalue weighted by atomic mass is 9.78. The number of anilines is 1. The van der Waals surface area contributed by atoms with Gasteiger partial charge < -0.3 is 0 Å². The highest BCUT2D eigenvalue weighted by Gasteiger charge is 2.34. The summed E-state index contributed by atoms with van der Waals surface area (Å²) in [5.74, 6) is -1.99. The topological polar surface area (TPSA) is 126 Å². The molecule has 2 aromatic carbocycles. The summed E-state index contributed by atoms with van der Waals surface area (Å²) in [7, 11) is -3.90. The lowest BCUT2D eigenvalue weighted by Crippen LogP contribution is -2.41. The van der Waals surface area contributed by atoms with Crippen molar-refractivity contribution in [3.63, 3.8) is 0 Å². The molecule has 4 rings (SSSR count). The van der Waals surface area contributed by atoms with Crippen LogP contribution in [0.5, 0.6) is 0 Å². The van der Waals surface area contributed by atoms with E-state index in [-0.39, 0.29) is 63.9 Å². The molecule has 33 heavy (non-hydrogen) atoms. The molecule has 1 saturated heterocycles. The summed E-state index contributed by atoms with van der Waals surface area (Å²) in [6.45, 7) is 0. The fraction of sp³-hybridized carbons (Fsp3) is 0.304. The van der Waals surface area contributed by atoms with E-state index in [1.54, 1.807) is 0 Å². The number of fused-ring (bicyclic) bond motifs is 1. The number of rotatable bonds is 6. The number of benzene rings is 2. The van der Waals surface area contributed by atoms with Crippen molar-refractivity contribution in [1.29, 1.82) is 0 Å². The van der Waals surface area contributed by atoms with Gasteiger partial charge in [0.15, 0.2) is 11.6 Å². The number of halogens is 1. The molecule has 1 aliphatic heterocycles. The van der Waals surface area contributed by atoms with E-state index in [0.29, 0.717) is 24.3 Å². The maximum absolute atomic E-state index is 13.0. The molecule has 0 spiro atoms. The smallest absolute Gasteiger partial charge is 0.261 e. The zero-order valence-corrected chi connectivity index (χ0v) is 19.0. The number of piperidine rings is 1. The summed E-state index contributed by atoms with van der Waals surface area (Å²) in [6.07, 6.45) is 1.48. The predicted octanol–water partition coefficient (Wildman–Crippen LogP) is 3.36. The molecule has 2 atom stereocenters. The first-order valence-corrected chi connectivity index (χ1v) is 12.3. The van der Waals surface area contributed by atoms with Crippen LogP contribution in [0.2, 0.25) is 5.02 Å². The summed E-state index contributed by atoms with van der Waals surface area (Å²) in [5, 5.41) is 2.70. The molecule has 1 aliphatic carbocycles. The Hall–Kier alpha value is -3.04. The zero-order valence-electron chi connectivity index (χ0n) is 17.5. The highest BCUT2D eigenvalue weighted by atomic mass is 35.5. The fourth-order valence-electron chi connectivity index (χ4n) is 4.18. The van der Waals surface area contributed by atoms with Gasteiger partial charge in [0.25, 0.3) is 10.0 Å². The van der Waals surface area contributed by atoms with Crippen molar-refractivity contribution in [1.82, 2.24) is 5.32 Å². The Morgan fingerprint density at radius 3 is 2.33 bits per heavy atom. The number of amides is 2. The number of ketones is 2. The van der Waals surface area contributed by atoms with E-state index in [2.05, 4.69) is 10.0 Å². The second-order valence-corrected chi connectivity index (χ2v) is 10.4. The molecular weight excluding hydrogens is 468 g/mol. The maximum Gasteiger partial charge on any atom is 0.261 e. The molecule has 0 aromatic heterocycles. The largest absolute Gasteiger partial charge is 0.296 e. The van der Waals surface area contributed by atoms with Crippen molar-refractivity contribution in [2.75, 3.05) is 4.72 Å². The predicted molar refractivity (Wildman–Crippen MR) is 121 cm³/mol. The summed E-state index contributed by atoms with van der Waals surface area (Å²) >= 11 is 5.80. The number of hydrogen-bond donors (Lipinski definition) is 2. The minimum Gasteiger partial charge on any atom is -0.296 e. The molecule has 2 N–H and O–H groups in total. The van der Waals surface area contributed by atoms with Crippen LogP contribution in [0.3, 0.4) is 0 Å². The quantitative estimate of drug-likeness (QED) is 0.600. The summed E-state index contributed by atoms with van der Waals surface area (Å²) in [4.78, 5) is 49.0. The van der Waals surface area contributed by atoms with Gasteiger partial charge in [0.1, 0.15) is 0 Å². The fourth-order valence-corrected chi connectivity index (χ4v) is 5.35. The van der Waals surface area contributed by atoms with Crippen LogP contribution in [0.15, 0.2) is 47.4 Å². The second-order valence-electron chi connectivity index (χ2n) is 8.23. The van der Waals surface area contributed by atoms with Gasteiger partial charge in [-0.25, -0.2) is 8.42 Å². The Labute approximate surface area is 195 Å². The minimum atomic E-state index is -3.90. The second kappa shape index (κ2) is 9.07. The van der Waals surface area contributed by atoms with Crippen molar-refractivity contribution in [3.05, 3.63) is 58.6 Å². The van der Waals surface area contributed by atoms with Gasteiger partial charge in [-0.1, -0.05) is 11.6 Å². The molecular formula is C23H21ClN2O6S. The van der Waals surface area contributed by atoms with Crippen LogP contribution >= 0.6 is 11.6 Å². The first-order chi connectivity index (χ1) is 15.6. The first kappa shape index (κ1) is 23.1. The molecule has 8 nitrogen and oxygen atoms in total. The molecule has 2 unspecified atom stereocenters. The van der Waals surface area contributed by atoms with E-state index >= 15 is 0 Å². The van der Waals surface area contributed by atoms with E-state index < -0.39 is 15.9 Å². The van der Waals surface area contributed by atoms with Gasteiger partial charge in [-0.15, -0.1) is 0 Å². The molecule has 1 fully saturated rings. The Morgan fingerprint density at radius 2 is 1.64 bits per heavy atom. The first-order valence-electron chi connectivity index (χ1n) is 10.5. The van der Waals surface area contributed by atoms with Crippen LogP contribution in [-0.4, -0.2) is 31.8 Å². The highest BCUT2D eigenvalue weighted by Crippen LogP contribution is 2.32. The summed E-state index contributed by atoms with van der Waals surface area (Å²) in [5.41, 5.74) is 0.592. The molecule has 1 heterocycles. The third kappa shape index (κ3) is 4.99. The van der Waals surface area contributed by atoms with Crippen molar-refractivity contribution in [2.24, 2.45) is 11.8 Å². The van der Waals surface area contributed by atoms with Gasteiger partial charge in [0.2, 0.25) is 11.8 Å². The van der Waals surface area contributed by atoms with Gasteiger partial charge in [-0.3, -0.25) is 29.2 Å². The molecule has 2 aromatic rings. The molecule has 0 saturated carbocycles. The van der Waals surface area contributed by atoms with E-state index in [9.17, 15) is 27.6 Å². The lowest BCUT2D eigenvalue weighted by molar-refractivity contribution is -0.136. The van der Waals surface area contributed by atoms with E-state index in [1.165, 1.54) is 42.5 Å². The number of sulfonamides is 1. The average molecular weight is 489 g/mol. The number of carbonyl (C=O) groups excluding carboxylic acids is 4. The minimum absolute atomic E-state index is 0.00745. The van der Waals surface area contributed by atoms with Gasteiger partial charge in [-0.2, -0.15) is 0 Å². The normalized spacial score (nSPS) is 20.9. The Morgan fingerprint density at radius 1 is 0.939 bits per heavy atom. The third-order valence-electron chi connectivity index (χ3n) is 5.98. The Kier molecular flexibility index (Phi) is 6.36. The number of nitrogens with one attached hydrogen (secondary N) is 2. The van der Waals surface area contributed by atoms with Crippen LogP contribution in [0.25, 0.3) is 0 Å². The maximum atomic E-state index is 13.0. The average Bonchev–Trinajstić information content (AvgIpc) is 2.76. The van der Waals surface area contributed by atoms with Gasteiger partial charge in [0, 0.05) is 46.5 Å². The number of Topliss-reactive ketones (excluding diaryl/α,β-unsaturated/α-hetero) is 2. The molecule has 0 bridgehead atoms. The summed E-state index contributed by atoms with van der Waals surface area (Å²) < 4.78 is 27.6. The van der Waals surface area contributed by atoms with Crippen molar-refractivity contribution in [3.8, 4) is 0 Å². The summed E-state index contributed by atoms with van der Waals surface area (Å²) in [6, 6.07) is 9.92. The third-order valence-corrected chi connectivity index (χ3v) is 7.63. The van der Waals surface area contributed by atoms with Crippen molar-refractivity contribution < 1.29 is 27.6 Å².